The summed E-state index contributed by atoms with van der Waals surface area (Å²) in [7, 11) is 0. The Labute approximate surface area is 140 Å². The smallest absolute Gasteiger partial charge is 0.350 e. The zero-order valence-electron chi connectivity index (χ0n) is 9.58. The molecule has 0 N–H and O–H groups in total. The summed E-state index contributed by atoms with van der Waals surface area (Å²) in [6, 6.07) is 6.99. The summed E-state index contributed by atoms with van der Waals surface area (Å²) in [5, 5.41) is 0. The average molecular weight is 431 g/mol. The Bertz CT molecular complexity index is 697. The van der Waals surface area contributed by atoms with Gasteiger partial charge < -0.3 is 4.52 Å². The Hall–Kier alpha value is 0.900. The highest BCUT2D eigenvalue weighted by molar-refractivity contribution is 8.22. The minimum absolute atomic E-state index is 0.454. The van der Waals surface area contributed by atoms with Gasteiger partial charge in [-0.05, 0) is 73.9 Å². The maximum absolute atomic E-state index is 6.25. The Morgan fingerprint density at radius 3 is 1.95 bits per heavy atom. The fourth-order valence-electron chi connectivity index (χ4n) is 1.28. The molecule has 20 heavy (non-hydrogen) atoms. The zero-order chi connectivity index (χ0) is 15.0. The van der Waals surface area contributed by atoms with Crippen molar-refractivity contribution in [2.75, 3.05) is 0 Å². The summed E-state index contributed by atoms with van der Waals surface area (Å²) in [5.74, 6) is -5.69. The second kappa shape index (κ2) is 6.19. The van der Waals surface area contributed by atoms with E-state index < -0.39 is 18.6 Å². The van der Waals surface area contributed by atoms with Crippen LogP contribution < -0.4 is 4.52 Å². The predicted molar refractivity (Wildman–Crippen MR) is 94.5 cm³/mol. The molecular weight excluding hydrogens is 424 g/mol. The second-order valence-electron chi connectivity index (χ2n) is 3.52. The molecule has 1 heterocycles. The van der Waals surface area contributed by atoms with Crippen LogP contribution in [-0.4, -0.2) is 0 Å². The van der Waals surface area contributed by atoms with Crippen LogP contribution in [0.4, 0.5) is 0 Å². The Morgan fingerprint density at radius 1 is 0.900 bits per heavy atom. The van der Waals surface area contributed by atoms with Crippen LogP contribution in [0.15, 0.2) is 44.4 Å². The average Bonchev–Trinajstić information content (AvgIpc) is 2.24. The van der Waals surface area contributed by atoms with Gasteiger partial charge in [-0.2, -0.15) is 13.5 Å². The highest BCUT2D eigenvalue weighted by Gasteiger charge is 2.34. The molecule has 0 aliphatic carbocycles. The molecule has 0 saturated heterocycles. The topological polar surface area (TPSA) is 46.3 Å². The maximum atomic E-state index is 6.25. The summed E-state index contributed by atoms with van der Waals surface area (Å²) < 4.78 is 17.4. The number of nitrogens with zero attached hydrogens (tertiary/aromatic N) is 3. The fraction of sp³-hybridized carbons (Fsp3) is 0. The Morgan fingerprint density at radius 2 is 1.45 bits per heavy atom. The van der Waals surface area contributed by atoms with Gasteiger partial charge in [-0.3, -0.25) is 0 Å². The van der Waals surface area contributed by atoms with E-state index in [1.165, 1.54) is 0 Å². The Kier molecular flexibility index (Phi) is 5.34. The van der Waals surface area contributed by atoms with Gasteiger partial charge in [-0.15, -0.1) is 0 Å². The predicted octanol–water partition coefficient (Wildman–Crippen LogP) is 8.75. The molecule has 1 aromatic carbocycles. The number of hydrogen-bond acceptors (Lipinski definition) is 4. The van der Waals surface area contributed by atoms with Gasteiger partial charge in [0.2, 0.25) is 0 Å². The minimum Gasteiger partial charge on any atom is -0.431 e. The number of rotatable bonds is 3. The third kappa shape index (κ3) is 4.70. The number of halogens is 5. The van der Waals surface area contributed by atoms with E-state index in [0.717, 1.165) is 5.56 Å². The molecule has 0 fully saturated rings. The van der Waals surface area contributed by atoms with Crippen molar-refractivity contribution < 1.29 is 4.52 Å². The SMILES string of the molecule is C=Cc1ccc(OP2(Cl)=NP(Cl)(Cl)=NP(Cl)(Cl)=N2)cc1. The number of hydrogen-bond donors (Lipinski definition) is 0. The molecule has 0 spiro atoms. The highest BCUT2D eigenvalue weighted by Crippen LogP contribution is 2.86. The van der Waals surface area contributed by atoms with Crippen molar-refractivity contribution in [2.45, 2.75) is 0 Å². The molecule has 0 amide bonds. The van der Waals surface area contributed by atoms with Crippen molar-refractivity contribution in [1.82, 2.24) is 0 Å². The molecule has 1 atom stereocenters. The quantitative estimate of drug-likeness (QED) is 0.441. The molecule has 110 valence electrons. The van der Waals surface area contributed by atoms with E-state index in [-0.39, 0.29) is 0 Å². The second-order valence-corrected chi connectivity index (χ2v) is 16.6. The van der Waals surface area contributed by atoms with Crippen LogP contribution in [0.2, 0.25) is 0 Å². The van der Waals surface area contributed by atoms with Crippen molar-refractivity contribution in [3.8, 4) is 5.75 Å². The maximum Gasteiger partial charge on any atom is 0.350 e. The van der Waals surface area contributed by atoms with Crippen LogP contribution in [-0.2, 0) is 0 Å². The molecular formula is C8H7Cl5N3OP3. The van der Waals surface area contributed by atoms with Crippen molar-refractivity contribution in [3.05, 3.63) is 36.4 Å². The van der Waals surface area contributed by atoms with E-state index in [1.54, 1.807) is 30.3 Å². The summed E-state index contributed by atoms with van der Waals surface area (Å²) >= 11 is 30.0. The van der Waals surface area contributed by atoms with Crippen molar-refractivity contribution in [1.29, 1.82) is 0 Å². The lowest BCUT2D eigenvalue weighted by molar-refractivity contribution is 0.619. The molecule has 1 aromatic rings. The van der Waals surface area contributed by atoms with Crippen LogP contribution in [0, 0.1) is 0 Å². The van der Waals surface area contributed by atoms with Crippen LogP contribution in [0.3, 0.4) is 0 Å². The van der Waals surface area contributed by atoms with Crippen LogP contribution >= 0.6 is 74.8 Å². The van der Waals surface area contributed by atoms with E-state index >= 15 is 0 Å². The van der Waals surface area contributed by atoms with Gasteiger partial charge in [0.05, 0.1) is 0 Å². The lowest BCUT2D eigenvalue weighted by Crippen LogP contribution is -1.86. The van der Waals surface area contributed by atoms with Gasteiger partial charge in [0, 0.05) is 0 Å². The lowest BCUT2D eigenvalue weighted by Gasteiger charge is -2.21. The molecule has 1 unspecified atom stereocenters. The van der Waals surface area contributed by atoms with E-state index in [1.807, 2.05) is 0 Å². The molecule has 0 saturated carbocycles. The van der Waals surface area contributed by atoms with Crippen molar-refractivity contribution in [2.24, 2.45) is 13.5 Å². The van der Waals surface area contributed by atoms with Gasteiger partial charge in [0.25, 0.3) is 11.8 Å². The summed E-state index contributed by atoms with van der Waals surface area (Å²) in [6.45, 7) is 0.479. The van der Waals surface area contributed by atoms with Crippen LogP contribution in [0.25, 0.3) is 6.08 Å². The fourth-order valence-corrected chi connectivity index (χ4v) is 17.8. The zero-order valence-corrected chi connectivity index (χ0v) is 16.0. The molecule has 0 radical (unpaired) electrons. The molecule has 2 rings (SSSR count). The highest BCUT2D eigenvalue weighted by atomic mass is 35.9. The Balaban J connectivity index is 2.41. The molecule has 0 bridgehead atoms. The first-order valence-electron chi connectivity index (χ1n) is 4.95. The monoisotopic (exact) mass is 429 g/mol. The van der Waals surface area contributed by atoms with Crippen molar-refractivity contribution >= 4 is 80.9 Å². The van der Waals surface area contributed by atoms with Crippen LogP contribution in [0.5, 0.6) is 5.75 Å². The van der Waals surface area contributed by atoms with Gasteiger partial charge in [0.1, 0.15) is 5.75 Å². The van der Waals surface area contributed by atoms with Crippen LogP contribution in [0.1, 0.15) is 5.56 Å². The summed E-state index contributed by atoms with van der Waals surface area (Å²) in [6.07, 6.45) is 1.70. The third-order valence-electron chi connectivity index (χ3n) is 1.99. The molecule has 4 nitrogen and oxygen atoms in total. The molecule has 0 aromatic heterocycles. The third-order valence-corrected chi connectivity index (χ3v) is 13.9. The molecule has 1 aliphatic heterocycles. The normalized spacial score (nSPS) is 26.6. The minimum atomic E-state index is -3.18. The van der Waals surface area contributed by atoms with Crippen molar-refractivity contribution in [3.63, 3.8) is 0 Å². The largest absolute Gasteiger partial charge is 0.431 e. The van der Waals surface area contributed by atoms with Gasteiger partial charge in [0.15, 0.2) is 0 Å². The van der Waals surface area contributed by atoms with E-state index in [0.29, 0.717) is 5.75 Å². The van der Waals surface area contributed by atoms with E-state index in [9.17, 15) is 0 Å². The summed E-state index contributed by atoms with van der Waals surface area (Å²) in [4.78, 5) is 0. The van der Waals surface area contributed by atoms with Gasteiger partial charge in [-0.25, -0.2) is 0 Å². The summed E-state index contributed by atoms with van der Waals surface area (Å²) in [5.41, 5.74) is 0.930. The van der Waals surface area contributed by atoms with E-state index in [2.05, 4.69) is 20.1 Å². The van der Waals surface area contributed by atoms with Gasteiger partial charge >= 0.3 is 6.78 Å². The first kappa shape index (κ1) is 17.3. The van der Waals surface area contributed by atoms with Gasteiger partial charge in [-0.1, -0.05) is 24.8 Å². The molecule has 1 aliphatic rings. The first-order valence-corrected chi connectivity index (χ1v) is 14.5. The standard InChI is InChI=1S/C8H7Cl5N3OP3/c1-2-7-3-5-8(6-4-7)17-20(13)15-18(9,10)14-19(11,12)16-20/h2-6H,1H2. The first-order chi connectivity index (χ1) is 9.13. The lowest BCUT2D eigenvalue weighted by atomic mass is 10.2. The molecule has 12 heteroatoms. The number of benzene rings is 1. The van der Waals surface area contributed by atoms with E-state index in [4.69, 9.17) is 60.7 Å².